The molecule has 0 aliphatic rings. The van der Waals surface area contributed by atoms with Crippen molar-refractivity contribution in [1.29, 1.82) is 0 Å². The largest absolute Gasteiger partial charge is 0.543 e. The molecule has 2 nitrogen and oxygen atoms in total. The van der Waals surface area contributed by atoms with Crippen LogP contribution in [0.3, 0.4) is 0 Å². The molecule has 0 saturated carbocycles. The lowest BCUT2D eigenvalue weighted by Gasteiger charge is -2.38. The summed E-state index contributed by atoms with van der Waals surface area (Å²) in [6, 6.07) is 24.0. The van der Waals surface area contributed by atoms with Crippen LogP contribution in [0, 0.1) is 0 Å². The van der Waals surface area contributed by atoms with E-state index in [4.69, 9.17) is 33.4 Å². The van der Waals surface area contributed by atoms with Crippen molar-refractivity contribution in [3.63, 3.8) is 0 Å². The maximum Gasteiger partial charge on any atom is 0.250 e. The second-order valence-corrected chi connectivity index (χ2v) is 15.5. The highest BCUT2D eigenvalue weighted by atomic mass is 35.5. The van der Waals surface area contributed by atoms with E-state index in [1.54, 1.807) is 6.07 Å². The number of halogens is 2. The quantitative estimate of drug-likeness (QED) is 0.226. The van der Waals surface area contributed by atoms with E-state index >= 15 is 0 Å². The van der Waals surface area contributed by atoms with Gasteiger partial charge < -0.3 is 10.2 Å². The lowest BCUT2D eigenvalue weighted by molar-refractivity contribution is 0.498. The Morgan fingerprint density at radius 1 is 0.727 bits per heavy atom. The van der Waals surface area contributed by atoms with Crippen molar-refractivity contribution >= 4 is 48.0 Å². The van der Waals surface area contributed by atoms with Gasteiger partial charge in [-0.3, -0.25) is 0 Å². The van der Waals surface area contributed by atoms with Crippen molar-refractivity contribution in [2.45, 2.75) is 38.9 Å². The predicted molar refractivity (Wildman–Crippen MR) is 147 cm³/mol. The predicted octanol–water partition coefficient (Wildman–Crippen LogP) is 9.45. The van der Waals surface area contributed by atoms with Gasteiger partial charge in [-0.2, -0.15) is 0 Å². The molecule has 4 rings (SSSR count). The maximum atomic E-state index is 7.06. The molecule has 0 bridgehead atoms. The molecular formula is C28H29Cl2NOSi. The molecule has 0 heterocycles. The molecule has 0 unspecified atom stereocenters. The SMILES string of the molecule is CC(C)(C)[Si](C)(C)Oc1c(-c2cc(Cl)cc(Cl)c2)c(-c2ccccc2)c(N)c2ccccc12. The van der Waals surface area contributed by atoms with Gasteiger partial charge in [0.25, 0.3) is 8.32 Å². The van der Waals surface area contributed by atoms with E-state index < -0.39 is 8.32 Å². The second kappa shape index (κ2) is 8.71. The average Bonchev–Trinajstić information content (AvgIpc) is 2.74. The first-order valence-electron chi connectivity index (χ1n) is 11.0. The lowest BCUT2D eigenvalue weighted by Crippen LogP contribution is -2.44. The molecule has 0 aromatic heterocycles. The molecule has 0 aliphatic carbocycles. The molecule has 0 atom stereocenters. The number of fused-ring (bicyclic) bond motifs is 1. The Balaban J connectivity index is 2.19. The Labute approximate surface area is 207 Å². The summed E-state index contributed by atoms with van der Waals surface area (Å²) in [7, 11) is -2.20. The molecule has 4 aromatic rings. The first-order chi connectivity index (χ1) is 15.5. The molecule has 0 spiro atoms. The van der Waals surface area contributed by atoms with Crippen molar-refractivity contribution in [3.05, 3.63) is 82.8 Å². The molecule has 0 fully saturated rings. The highest BCUT2D eigenvalue weighted by molar-refractivity contribution is 6.75. The van der Waals surface area contributed by atoms with Crippen LogP contribution in [0.1, 0.15) is 20.8 Å². The minimum absolute atomic E-state index is 0.0195. The van der Waals surface area contributed by atoms with E-state index in [0.29, 0.717) is 15.7 Å². The molecule has 0 radical (unpaired) electrons. The summed E-state index contributed by atoms with van der Waals surface area (Å²) in [6.45, 7) is 11.2. The van der Waals surface area contributed by atoms with E-state index in [0.717, 1.165) is 38.8 Å². The van der Waals surface area contributed by atoms with E-state index in [9.17, 15) is 0 Å². The summed E-state index contributed by atoms with van der Waals surface area (Å²) in [5, 5.41) is 3.13. The van der Waals surface area contributed by atoms with Crippen molar-refractivity contribution in [2.24, 2.45) is 0 Å². The Morgan fingerprint density at radius 2 is 1.27 bits per heavy atom. The first-order valence-corrected chi connectivity index (χ1v) is 14.7. The van der Waals surface area contributed by atoms with Gasteiger partial charge in [-0.25, -0.2) is 0 Å². The standard InChI is InChI=1S/C28H29Cl2NOSi/c1-28(2,3)33(4,5)32-27-23-14-10-9-13-22(23)26(31)24(18-11-7-6-8-12-18)25(27)19-15-20(29)17-21(30)16-19/h6-17H,31H2,1-5H3. The fourth-order valence-electron chi connectivity index (χ4n) is 3.83. The Bertz CT molecular complexity index is 1310. The molecule has 0 aliphatic heterocycles. The van der Waals surface area contributed by atoms with Crippen LogP contribution in [0.4, 0.5) is 5.69 Å². The topological polar surface area (TPSA) is 35.2 Å². The van der Waals surface area contributed by atoms with Gasteiger partial charge in [0.2, 0.25) is 0 Å². The third-order valence-electron chi connectivity index (χ3n) is 6.59. The fourth-order valence-corrected chi connectivity index (χ4v) is 5.38. The Hall–Kier alpha value is -2.46. The first kappa shape index (κ1) is 23.7. The van der Waals surface area contributed by atoms with Crippen LogP contribution in [0.2, 0.25) is 28.2 Å². The Kier molecular flexibility index (Phi) is 6.26. The number of benzene rings is 4. The van der Waals surface area contributed by atoms with Crippen LogP contribution in [0.15, 0.2) is 72.8 Å². The van der Waals surface area contributed by atoms with Crippen LogP contribution in [0.25, 0.3) is 33.0 Å². The van der Waals surface area contributed by atoms with Crippen LogP contribution in [-0.4, -0.2) is 8.32 Å². The third-order valence-corrected chi connectivity index (χ3v) is 11.3. The number of rotatable bonds is 4. The number of hydrogen-bond donors (Lipinski definition) is 1. The summed E-state index contributed by atoms with van der Waals surface area (Å²) in [6.07, 6.45) is 0. The van der Waals surface area contributed by atoms with Crippen LogP contribution in [-0.2, 0) is 0 Å². The third kappa shape index (κ3) is 4.50. The fraction of sp³-hybridized carbons (Fsp3) is 0.214. The summed E-state index contributed by atoms with van der Waals surface area (Å²) < 4.78 is 7.06. The minimum Gasteiger partial charge on any atom is -0.543 e. The van der Waals surface area contributed by atoms with Gasteiger partial charge in [0.1, 0.15) is 5.75 Å². The number of hydrogen-bond acceptors (Lipinski definition) is 2. The number of nitrogen functional groups attached to an aromatic ring is 1. The average molecular weight is 495 g/mol. The zero-order chi connectivity index (χ0) is 24.0. The summed E-state index contributed by atoms with van der Waals surface area (Å²) >= 11 is 12.9. The zero-order valence-electron chi connectivity index (χ0n) is 19.7. The van der Waals surface area contributed by atoms with Gasteiger partial charge in [0, 0.05) is 37.6 Å². The normalized spacial score (nSPS) is 12.2. The molecule has 2 N–H and O–H groups in total. The molecule has 170 valence electrons. The van der Waals surface area contributed by atoms with Gasteiger partial charge in [0.15, 0.2) is 0 Å². The monoisotopic (exact) mass is 493 g/mol. The van der Waals surface area contributed by atoms with Crippen molar-refractivity contribution in [2.75, 3.05) is 5.73 Å². The molecular weight excluding hydrogens is 465 g/mol. The van der Waals surface area contributed by atoms with Crippen molar-refractivity contribution < 1.29 is 4.43 Å². The van der Waals surface area contributed by atoms with Gasteiger partial charge in [-0.05, 0) is 47.5 Å². The second-order valence-electron chi connectivity index (χ2n) is 9.92. The number of nitrogens with two attached hydrogens (primary N) is 1. The molecule has 0 amide bonds. The zero-order valence-corrected chi connectivity index (χ0v) is 22.2. The van der Waals surface area contributed by atoms with Crippen LogP contribution in [0.5, 0.6) is 5.75 Å². The highest BCUT2D eigenvalue weighted by Gasteiger charge is 2.40. The van der Waals surface area contributed by atoms with Gasteiger partial charge in [0.05, 0.1) is 0 Å². The van der Waals surface area contributed by atoms with Crippen LogP contribution >= 0.6 is 23.2 Å². The van der Waals surface area contributed by atoms with E-state index in [2.05, 4.69) is 58.1 Å². The maximum absolute atomic E-state index is 7.06. The van der Waals surface area contributed by atoms with E-state index in [1.807, 2.05) is 42.5 Å². The van der Waals surface area contributed by atoms with Gasteiger partial charge in [-0.1, -0.05) is 98.6 Å². The molecule has 4 aromatic carbocycles. The summed E-state index contributed by atoms with van der Waals surface area (Å²) in [5.74, 6) is 0.837. The van der Waals surface area contributed by atoms with Gasteiger partial charge in [-0.15, -0.1) is 0 Å². The molecule has 0 saturated heterocycles. The lowest BCUT2D eigenvalue weighted by atomic mass is 9.88. The highest BCUT2D eigenvalue weighted by Crippen LogP contribution is 2.51. The smallest absolute Gasteiger partial charge is 0.250 e. The van der Waals surface area contributed by atoms with E-state index in [1.165, 1.54) is 0 Å². The Morgan fingerprint density at radius 3 is 1.85 bits per heavy atom. The summed E-state index contributed by atoms with van der Waals surface area (Å²) in [4.78, 5) is 0. The minimum atomic E-state index is -2.20. The molecule has 5 heteroatoms. The van der Waals surface area contributed by atoms with Gasteiger partial charge >= 0.3 is 0 Å². The molecule has 33 heavy (non-hydrogen) atoms. The summed E-state index contributed by atoms with van der Waals surface area (Å²) in [5.41, 5.74) is 11.3. The van der Waals surface area contributed by atoms with E-state index in [-0.39, 0.29) is 5.04 Å². The number of anilines is 1. The van der Waals surface area contributed by atoms with Crippen molar-refractivity contribution in [3.8, 4) is 28.0 Å². The van der Waals surface area contributed by atoms with Crippen molar-refractivity contribution in [1.82, 2.24) is 0 Å². The van der Waals surface area contributed by atoms with Crippen LogP contribution < -0.4 is 10.2 Å².